The minimum Gasteiger partial charge on any atom is -0.366 e. The molecule has 2 amide bonds. The number of rotatable bonds is 4. The molecule has 3 aromatic rings. The third-order valence-electron chi connectivity index (χ3n) is 3.56. The molecule has 5 heteroatoms. The summed E-state index contributed by atoms with van der Waals surface area (Å²) in [6.07, 6.45) is 0. The summed E-state index contributed by atoms with van der Waals surface area (Å²) < 4.78 is 0. The van der Waals surface area contributed by atoms with E-state index in [9.17, 15) is 9.59 Å². The number of hydrogen-bond acceptors (Lipinski definition) is 3. The predicted molar refractivity (Wildman–Crippen MR) is 97.4 cm³/mol. The van der Waals surface area contributed by atoms with Crippen LogP contribution in [0.25, 0.3) is 10.4 Å². The number of benzene rings is 2. The fourth-order valence-electron chi connectivity index (χ4n) is 2.37. The normalized spacial score (nSPS) is 10.4. The van der Waals surface area contributed by atoms with Crippen LogP contribution in [0.4, 0.5) is 5.00 Å². The van der Waals surface area contributed by atoms with E-state index in [-0.39, 0.29) is 5.91 Å². The fraction of sp³-hybridized carbons (Fsp3) is 0.0526. The van der Waals surface area contributed by atoms with E-state index in [4.69, 9.17) is 5.73 Å². The lowest BCUT2D eigenvalue weighted by atomic mass is 10.1. The van der Waals surface area contributed by atoms with Gasteiger partial charge in [-0.1, -0.05) is 48.0 Å². The van der Waals surface area contributed by atoms with Crippen molar-refractivity contribution in [3.63, 3.8) is 0 Å². The van der Waals surface area contributed by atoms with Crippen LogP contribution in [-0.4, -0.2) is 11.8 Å². The molecule has 2 aromatic carbocycles. The smallest absolute Gasteiger partial charge is 0.256 e. The number of amides is 2. The Bertz CT molecular complexity index is 901. The standard InChI is InChI=1S/C19H16N2O2S/c1-12-6-5-9-14(10-12)18(23)21-19-15(17(20)22)11-16(24-19)13-7-3-2-4-8-13/h2-11H,1H3,(H2,20,22)(H,21,23). The Hall–Kier alpha value is -2.92. The van der Waals surface area contributed by atoms with Crippen LogP contribution in [-0.2, 0) is 0 Å². The van der Waals surface area contributed by atoms with Crippen molar-refractivity contribution in [3.8, 4) is 10.4 Å². The maximum atomic E-state index is 12.4. The van der Waals surface area contributed by atoms with E-state index >= 15 is 0 Å². The molecule has 0 spiro atoms. The van der Waals surface area contributed by atoms with Gasteiger partial charge in [-0.15, -0.1) is 11.3 Å². The molecular weight excluding hydrogens is 320 g/mol. The molecule has 0 aliphatic rings. The largest absolute Gasteiger partial charge is 0.366 e. The third kappa shape index (κ3) is 3.36. The molecule has 0 aliphatic carbocycles. The van der Waals surface area contributed by atoms with Crippen molar-refractivity contribution in [1.82, 2.24) is 0 Å². The van der Waals surface area contributed by atoms with E-state index in [0.29, 0.717) is 16.1 Å². The monoisotopic (exact) mass is 336 g/mol. The van der Waals surface area contributed by atoms with E-state index in [1.54, 1.807) is 18.2 Å². The predicted octanol–water partition coefficient (Wildman–Crippen LogP) is 4.07. The lowest BCUT2D eigenvalue weighted by molar-refractivity contribution is 0.100. The van der Waals surface area contributed by atoms with E-state index in [1.165, 1.54) is 11.3 Å². The molecule has 120 valence electrons. The Morgan fingerprint density at radius 1 is 1.00 bits per heavy atom. The molecule has 0 aliphatic heterocycles. The zero-order valence-electron chi connectivity index (χ0n) is 13.1. The average molecular weight is 336 g/mol. The molecule has 0 atom stereocenters. The van der Waals surface area contributed by atoms with E-state index < -0.39 is 5.91 Å². The first-order valence-electron chi connectivity index (χ1n) is 7.41. The molecule has 1 heterocycles. The lowest BCUT2D eigenvalue weighted by Crippen LogP contribution is -2.16. The summed E-state index contributed by atoms with van der Waals surface area (Å²) in [5, 5.41) is 3.27. The quantitative estimate of drug-likeness (QED) is 0.753. The summed E-state index contributed by atoms with van der Waals surface area (Å²) in [6.45, 7) is 1.92. The Kier molecular flexibility index (Phi) is 4.44. The van der Waals surface area contributed by atoms with Crippen LogP contribution < -0.4 is 11.1 Å². The highest BCUT2D eigenvalue weighted by molar-refractivity contribution is 7.20. The van der Waals surface area contributed by atoms with Gasteiger partial charge >= 0.3 is 0 Å². The zero-order chi connectivity index (χ0) is 17.1. The van der Waals surface area contributed by atoms with Crippen LogP contribution in [0.2, 0.25) is 0 Å². The Morgan fingerprint density at radius 2 is 1.75 bits per heavy atom. The zero-order valence-corrected chi connectivity index (χ0v) is 13.9. The van der Waals surface area contributed by atoms with Crippen molar-refractivity contribution < 1.29 is 9.59 Å². The number of carbonyl (C=O) groups is 2. The Balaban J connectivity index is 1.94. The van der Waals surface area contributed by atoms with E-state index in [0.717, 1.165) is 16.0 Å². The summed E-state index contributed by atoms with van der Waals surface area (Å²) in [4.78, 5) is 25.0. The second-order valence-electron chi connectivity index (χ2n) is 5.41. The molecule has 0 fully saturated rings. The molecule has 3 N–H and O–H groups in total. The van der Waals surface area contributed by atoms with Gasteiger partial charge in [0.05, 0.1) is 5.56 Å². The van der Waals surface area contributed by atoms with Crippen LogP contribution in [0.3, 0.4) is 0 Å². The highest BCUT2D eigenvalue weighted by Gasteiger charge is 2.17. The third-order valence-corrected chi connectivity index (χ3v) is 4.66. The van der Waals surface area contributed by atoms with Crippen molar-refractivity contribution in [2.45, 2.75) is 6.92 Å². The number of carbonyl (C=O) groups excluding carboxylic acids is 2. The van der Waals surface area contributed by atoms with Crippen molar-refractivity contribution in [1.29, 1.82) is 0 Å². The van der Waals surface area contributed by atoms with Crippen LogP contribution in [0.15, 0.2) is 60.7 Å². The second kappa shape index (κ2) is 6.68. The van der Waals surface area contributed by atoms with Crippen molar-refractivity contribution in [2.24, 2.45) is 5.73 Å². The van der Waals surface area contributed by atoms with Gasteiger partial charge in [-0.05, 0) is 30.7 Å². The topological polar surface area (TPSA) is 72.2 Å². The maximum Gasteiger partial charge on any atom is 0.256 e. The highest BCUT2D eigenvalue weighted by Crippen LogP contribution is 2.35. The van der Waals surface area contributed by atoms with Crippen molar-refractivity contribution >= 4 is 28.2 Å². The molecule has 0 unspecified atom stereocenters. The number of nitrogens with one attached hydrogen (secondary N) is 1. The summed E-state index contributed by atoms with van der Waals surface area (Å²) in [5.41, 5.74) is 8.29. The molecule has 0 saturated heterocycles. The summed E-state index contributed by atoms with van der Waals surface area (Å²) >= 11 is 1.34. The first-order chi connectivity index (χ1) is 11.5. The minimum atomic E-state index is -0.562. The molecule has 3 rings (SSSR count). The van der Waals surface area contributed by atoms with Gasteiger partial charge < -0.3 is 11.1 Å². The number of nitrogens with two attached hydrogens (primary N) is 1. The number of anilines is 1. The minimum absolute atomic E-state index is 0.261. The summed E-state index contributed by atoms with van der Waals surface area (Å²) in [7, 11) is 0. The maximum absolute atomic E-state index is 12.4. The molecule has 1 aromatic heterocycles. The van der Waals surface area contributed by atoms with Gasteiger partial charge in [0.25, 0.3) is 11.8 Å². The average Bonchev–Trinajstić information content (AvgIpc) is 3.00. The molecular formula is C19H16N2O2S. The second-order valence-corrected chi connectivity index (χ2v) is 6.46. The van der Waals surface area contributed by atoms with E-state index in [1.807, 2.05) is 49.4 Å². The number of aryl methyl sites for hydroxylation is 1. The highest BCUT2D eigenvalue weighted by atomic mass is 32.1. The number of thiophene rings is 1. The Labute approximate surface area is 143 Å². The van der Waals surface area contributed by atoms with Gasteiger partial charge in [-0.3, -0.25) is 9.59 Å². The van der Waals surface area contributed by atoms with Crippen LogP contribution in [0.5, 0.6) is 0 Å². The summed E-state index contributed by atoms with van der Waals surface area (Å²) in [6, 6.07) is 18.6. The van der Waals surface area contributed by atoms with Crippen LogP contribution in [0.1, 0.15) is 26.3 Å². The lowest BCUT2D eigenvalue weighted by Gasteiger charge is -2.05. The van der Waals surface area contributed by atoms with Crippen molar-refractivity contribution in [3.05, 3.63) is 77.4 Å². The fourth-order valence-corrected chi connectivity index (χ4v) is 3.44. The number of primary amides is 1. The number of hydrogen-bond donors (Lipinski definition) is 2. The summed E-state index contributed by atoms with van der Waals surface area (Å²) in [5.74, 6) is -0.823. The first-order valence-corrected chi connectivity index (χ1v) is 8.23. The van der Waals surface area contributed by atoms with Gasteiger partial charge in [-0.2, -0.15) is 0 Å². The molecule has 24 heavy (non-hydrogen) atoms. The van der Waals surface area contributed by atoms with Crippen LogP contribution in [0, 0.1) is 6.92 Å². The molecule has 4 nitrogen and oxygen atoms in total. The molecule has 0 saturated carbocycles. The van der Waals surface area contributed by atoms with Crippen molar-refractivity contribution in [2.75, 3.05) is 5.32 Å². The Morgan fingerprint density at radius 3 is 2.42 bits per heavy atom. The SMILES string of the molecule is Cc1cccc(C(=O)Nc2sc(-c3ccccc3)cc2C(N)=O)c1. The molecule has 0 bridgehead atoms. The first kappa shape index (κ1) is 16.0. The van der Waals surface area contributed by atoms with Gasteiger partial charge in [0.2, 0.25) is 0 Å². The van der Waals surface area contributed by atoms with Gasteiger partial charge in [0.1, 0.15) is 5.00 Å². The van der Waals surface area contributed by atoms with Crippen LogP contribution >= 0.6 is 11.3 Å². The van der Waals surface area contributed by atoms with Gasteiger partial charge in [-0.25, -0.2) is 0 Å². The molecule has 0 radical (unpaired) electrons. The van der Waals surface area contributed by atoms with E-state index in [2.05, 4.69) is 5.32 Å². The van der Waals surface area contributed by atoms with Gasteiger partial charge in [0.15, 0.2) is 0 Å². The van der Waals surface area contributed by atoms with Gasteiger partial charge in [0, 0.05) is 10.4 Å².